The van der Waals surface area contributed by atoms with Crippen LogP contribution >= 0.6 is 0 Å². The zero-order valence-corrected chi connectivity index (χ0v) is 15.6. The molecule has 6 nitrogen and oxygen atoms in total. The van der Waals surface area contributed by atoms with Crippen molar-refractivity contribution in [2.45, 2.75) is 18.2 Å². The van der Waals surface area contributed by atoms with Crippen molar-refractivity contribution in [2.75, 3.05) is 35.2 Å². The molecule has 1 aliphatic heterocycles. The molecule has 1 amide bonds. The van der Waals surface area contributed by atoms with Crippen molar-refractivity contribution in [3.63, 3.8) is 0 Å². The van der Waals surface area contributed by atoms with Crippen LogP contribution in [0.5, 0.6) is 0 Å². The summed E-state index contributed by atoms with van der Waals surface area (Å²) in [5, 5.41) is 0. The van der Waals surface area contributed by atoms with Crippen LogP contribution in [0.4, 0.5) is 21.5 Å². The summed E-state index contributed by atoms with van der Waals surface area (Å²) in [5.74, 6) is -0.604. The van der Waals surface area contributed by atoms with Gasteiger partial charge in [0.2, 0.25) is 5.91 Å². The number of nitrogens with zero attached hydrogens (tertiary/aromatic N) is 2. The minimum atomic E-state index is -3.89. The lowest BCUT2D eigenvalue weighted by Crippen LogP contribution is -2.25. The van der Waals surface area contributed by atoms with Gasteiger partial charge in [-0.25, -0.2) is 12.8 Å². The molecule has 8 heteroatoms. The van der Waals surface area contributed by atoms with E-state index in [1.165, 1.54) is 25.1 Å². The number of carbonyl (C=O) groups is 1. The van der Waals surface area contributed by atoms with Crippen LogP contribution in [0.15, 0.2) is 41.3 Å². The minimum absolute atomic E-state index is 0.0760. The Morgan fingerprint density at radius 2 is 1.92 bits per heavy atom. The van der Waals surface area contributed by atoms with E-state index in [9.17, 15) is 17.6 Å². The van der Waals surface area contributed by atoms with Crippen molar-refractivity contribution in [3.05, 3.63) is 47.8 Å². The molecule has 0 saturated heterocycles. The maximum atomic E-state index is 13.6. The fourth-order valence-electron chi connectivity index (χ4n) is 3.06. The fraction of sp³-hybridized carbons (Fsp3) is 0.278. The highest BCUT2D eigenvalue weighted by molar-refractivity contribution is 7.92. The highest BCUT2D eigenvalue weighted by atomic mass is 32.2. The van der Waals surface area contributed by atoms with Gasteiger partial charge in [0, 0.05) is 39.3 Å². The van der Waals surface area contributed by atoms with Gasteiger partial charge in [-0.2, -0.15) is 0 Å². The van der Waals surface area contributed by atoms with Crippen LogP contribution in [-0.4, -0.2) is 35.0 Å². The third-order valence-electron chi connectivity index (χ3n) is 4.32. The molecule has 0 unspecified atom stereocenters. The lowest BCUT2D eigenvalue weighted by molar-refractivity contribution is -0.116. The van der Waals surface area contributed by atoms with E-state index in [1.54, 1.807) is 36.0 Å². The number of amides is 1. The molecule has 0 saturated carbocycles. The van der Waals surface area contributed by atoms with Crippen LogP contribution in [0.3, 0.4) is 0 Å². The van der Waals surface area contributed by atoms with E-state index in [4.69, 9.17) is 0 Å². The van der Waals surface area contributed by atoms with Gasteiger partial charge in [0.1, 0.15) is 5.82 Å². The van der Waals surface area contributed by atoms with E-state index < -0.39 is 15.8 Å². The molecule has 2 aromatic carbocycles. The predicted octanol–water partition coefficient (Wildman–Crippen LogP) is 2.60. The van der Waals surface area contributed by atoms with Gasteiger partial charge in [0.15, 0.2) is 0 Å². The largest absolute Gasteiger partial charge is 0.376 e. The number of halogens is 1. The van der Waals surface area contributed by atoms with Crippen LogP contribution in [-0.2, 0) is 21.2 Å². The van der Waals surface area contributed by atoms with Crippen LogP contribution in [0.1, 0.15) is 12.5 Å². The molecule has 0 aliphatic carbocycles. The third-order valence-corrected chi connectivity index (χ3v) is 5.68. The number of sulfonamides is 1. The number of hydrogen-bond acceptors (Lipinski definition) is 4. The molecule has 26 heavy (non-hydrogen) atoms. The van der Waals surface area contributed by atoms with E-state index >= 15 is 0 Å². The molecule has 0 radical (unpaired) electrons. The Balaban J connectivity index is 1.96. The van der Waals surface area contributed by atoms with E-state index in [1.807, 2.05) is 0 Å². The third kappa shape index (κ3) is 3.37. The van der Waals surface area contributed by atoms with E-state index in [0.29, 0.717) is 18.7 Å². The number of carbonyl (C=O) groups excluding carboxylic acids is 1. The lowest BCUT2D eigenvalue weighted by Gasteiger charge is -2.19. The van der Waals surface area contributed by atoms with E-state index in [0.717, 1.165) is 17.3 Å². The van der Waals surface area contributed by atoms with Crippen molar-refractivity contribution in [1.29, 1.82) is 0 Å². The molecule has 1 N–H and O–H groups in total. The first kappa shape index (κ1) is 18.2. The van der Waals surface area contributed by atoms with Crippen molar-refractivity contribution in [2.24, 2.45) is 0 Å². The average Bonchev–Trinajstić information content (AvgIpc) is 2.97. The van der Waals surface area contributed by atoms with Crippen molar-refractivity contribution < 1.29 is 17.6 Å². The Labute approximate surface area is 152 Å². The molecule has 3 rings (SSSR count). The summed E-state index contributed by atoms with van der Waals surface area (Å²) in [4.78, 5) is 15.0. The molecule has 0 atom stereocenters. The topological polar surface area (TPSA) is 69.7 Å². The predicted molar refractivity (Wildman–Crippen MR) is 99.7 cm³/mol. The molecule has 0 bridgehead atoms. The lowest BCUT2D eigenvalue weighted by atomic mass is 10.2. The summed E-state index contributed by atoms with van der Waals surface area (Å²) in [5.41, 5.74) is 2.26. The van der Waals surface area contributed by atoms with Gasteiger partial charge < -0.3 is 9.80 Å². The fourth-order valence-corrected chi connectivity index (χ4v) is 4.17. The normalized spacial score (nSPS) is 13.5. The molecule has 0 fully saturated rings. The van der Waals surface area contributed by atoms with Crippen molar-refractivity contribution >= 4 is 33.0 Å². The number of benzene rings is 2. The molecule has 2 aromatic rings. The van der Waals surface area contributed by atoms with Gasteiger partial charge in [0.05, 0.1) is 16.3 Å². The summed E-state index contributed by atoms with van der Waals surface area (Å²) < 4.78 is 41.6. The molecule has 138 valence electrons. The highest BCUT2D eigenvalue weighted by Crippen LogP contribution is 2.32. The second-order valence-corrected chi connectivity index (χ2v) is 8.05. The first-order valence-electron chi connectivity index (χ1n) is 8.10. The summed E-state index contributed by atoms with van der Waals surface area (Å²) in [6, 6.07) is 8.60. The number of fused-ring (bicyclic) bond motifs is 1. The Morgan fingerprint density at radius 3 is 2.58 bits per heavy atom. The van der Waals surface area contributed by atoms with Crippen LogP contribution in [0, 0.1) is 5.82 Å². The number of anilines is 3. The average molecular weight is 377 g/mol. The Bertz CT molecular complexity index is 974. The Morgan fingerprint density at radius 1 is 1.19 bits per heavy atom. The minimum Gasteiger partial charge on any atom is -0.376 e. The molecule has 0 aromatic heterocycles. The smallest absolute Gasteiger partial charge is 0.261 e. The zero-order chi connectivity index (χ0) is 19.1. The Hall–Kier alpha value is -2.61. The van der Waals surface area contributed by atoms with Gasteiger partial charge in [-0.1, -0.05) is 0 Å². The summed E-state index contributed by atoms with van der Waals surface area (Å²) >= 11 is 0. The van der Waals surface area contributed by atoms with Gasteiger partial charge in [-0.15, -0.1) is 0 Å². The second kappa shape index (κ2) is 6.60. The standard InChI is InChI=1S/C18H20FN3O3S/c1-12(23)22-9-8-13-10-15(5-7-17(13)22)26(24,25)20-16-11-14(19)4-6-18(16)21(2)3/h4-7,10-11,20H,8-9H2,1-3H3. The maximum absolute atomic E-state index is 13.6. The summed E-state index contributed by atoms with van der Waals surface area (Å²) in [6.45, 7) is 2.02. The van der Waals surface area contributed by atoms with Gasteiger partial charge in [-0.3, -0.25) is 9.52 Å². The SMILES string of the molecule is CC(=O)N1CCc2cc(S(=O)(=O)Nc3cc(F)ccc3N(C)C)ccc21. The summed E-state index contributed by atoms with van der Waals surface area (Å²) in [6.07, 6.45) is 0.598. The van der Waals surface area contributed by atoms with Gasteiger partial charge in [0.25, 0.3) is 10.0 Å². The monoisotopic (exact) mass is 377 g/mol. The van der Waals surface area contributed by atoms with Crippen LogP contribution < -0.4 is 14.5 Å². The second-order valence-electron chi connectivity index (χ2n) is 6.37. The number of rotatable bonds is 4. The molecule has 1 aliphatic rings. The number of nitrogens with one attached hydrogen (secondary N) is 1. The Kier molecular flexibility index (Phi) is 4.62. The number of hydrogen-bond donors (Lipinski definition) is 1. The summed E-state index contributed by atoms with van der Waals surface area (Å²) in [7, 11) is -0.399. The zero-order valence-electron chi connectivity index (χ0n) is 14.8. The highest BCUT2D eigenvalue weighted by Gasteiger charge is 2.25. The van der Waals surface area contributed by atoms with E-state index in [2.05, 4.69) is 4.72 Å². The van der Waals surface area contributed by atoms with Crippen molar-refractivity contribution in [3.8, 4) is 0 Å². The molecular formula is C18H20FN3O3S. The van der Waals surface area contributed by atoms with Crippen LogP contribution in [0.2, 0.25) is 0 Å². The molecule has 0 spiro atoms. The first-order chi connectivity index (χ1) is 12.2. The quantitative estimate of drug-likeness (QED) is 0.889. The first-order valence-corrected chi connectivity index (χ1v) is 9.58. The van der Waals surface area contributed by atoms with Crippen LogP contribution in [0.25, 0.3) is 0 Å². The molecule has 1 heterocycles. The van der Waals surface area contributed by atoms with Crippen molar-refractivity contribution in [1.82, 2.24) is 0 Å². The van der Waals surface area contributed by atoms with Gasteiger partial charge in [-0.05, 0) is 42.3 Å². The van der Waals surface area contributed by atoms with Gasteiger partial charge >= 0.3 is 0 Å². The maximum Gasteiger partial charge on any atom is 0.261 e. The molecular weight excluding hydrogens is 357 g/mol. The van der Waals surface area contributed by atoms with E-state index in [-0.39, 0.29) is 16.5 Å².